The zero-order valence-electron chi connectivity index (χ0n) is 6.15. The van der Waals surface area contributed by atoms with Gasteiger partial charge in [-0.15, -0.1) is 0 Å². The summed E-state index contributed by atoms with van der Waals surface area (Å²) in [5, 5.41) is 3.98. The van der Waals surface area contributed by atoms with Crippen molar-refractivity contribution < 1.29 is 0 Å². The lowest BCUT2D eigenvalue weighted by Gasteiger charge is -1.95. The summed E-state index contributed by atoms with van der Waals surface area (Å²) in [6.45, 7) is 8.52. The highest BCUT2D eigenvalue weighted by Crippen LogP contribution is 1.75. The zero-order chi connectivity index (χ0) is 7.11. The Bertz CT molecular complexity index is 105. The Hall–Kier alpha value is -0.790. The highest BCUT2D eigenvalue weighted by Gasteiger charge is 1.78. The van der Waals surface area contributed by atoms with Crippen molar-refractivity contribution in [2.45, 2.75) is 20.3 Å². The van der Waals surface area contributed by atoms with E-state index in [-0.39, 0.29) is 0 Å². The van der Waals surface area contributed by atoms with Crippen molar-refractivity contribution >= 4 is 5.71 Å². The highest BCUT2D eigenvalue weighted by atomic mass is 15.3. The van der Waals surface area contributed by atoms with Crippen LogP contribution in [0.4, 0.5) is 0 Å². The standard InChI is InChI=1S/C7H14N2/c1-4-6-8-9-7(3)5-2/h5,8H,2,4,6H2,1,3H3. The van der Waals surface area contributed by atoms with Gasteiger partial charge in [-0.25, -0.2) is 0 Å². The molecule has 0 aromatic rings. The Morgan fingerprint density at radius 3 is 2.89 bits per heavy atom. The summed E-state index contributed by atoms with van der Waals surface area (Å²) in [5.41, 5.74) is 3.84. The normalized spacial score (nSPS) is 11.1. The van der Waals surface area contributed by atoms with Crippen molar-refractivity contribution in [1.29, 1.82) is 0 Å². The number of hydrogen-bond donors (Lipinski definition) is 1. The van der Waals surface area contributed by atoms with Crippen LogP contribution in [0.1, 0.15) is 20.3 Å². The molecule has 0 aliphatic heterocycles. The van der Waals surface area contributed by atoms with Gasteiger partial charge in [0.15, 0.2) is 0 Å². The average Bonchev–Trinajstić information content (AvgIpc) is 1.89. The Balaban J connectivity index is 3.31. The number of hydrazone groups is 1. The van der Waals surface area contributed by atoms with E-state index in [1.165, 1.54) is 0 Å². The summed E-state index contributed by atoms with van der Waals surface area (Å²) in [4.78, 5) is 0. The molecule has 0 atom stereocenters. The lowest BCUT2D eigenvalue weighted by molar-refractivity contribution is 0.716. The molecule has 0 saturated carbocycles. The molecule has 0 saturated heterocycles. The van der Waals surface area contributed by atoms with Crippen LogP contribution in [0.2, 0.25) is 0 Å². The molecule has 0 fully saturated rings. The topological polar surface area (TPSA) is 24.4 Å². The van der Waals surface area contributed by atoms with E-state index in [0.29, 0.717) is 0 Å². The van der Waals surface area contributed by atoms with E-state index in [0.717, 1.165) is 18.7 Å². The Kier molecular flexibility index (Phi) is 4.88. The van der Waals surface area contributed by atoms with Crippen molar-refractivity contribution in [3.63, 3.8) is 0 Å². The third-order valence-electron chi connectivity index (χ3n) is 0.913. The molecule has 52 valence electrons. The Labute approximate surface area is 56.7 Å². The summed E-state index contributed by atoms with van der Waals surface area (Å²) in [5.74, 6) is 0. The molecule has 2 nitrogen and oxygen atoms in total. The summed E-state index contributed by atoms with van der Waals surface area (Å²) < 4.78 is 0. The van der Waals surface area contributed by atoms with Crippen LogP contribution in [0.5, 0.6) is 0 Å². The molecule has 0 heterocycles. The SMILES string of the molecule is C=CC(C)=NNCCC. The maximum absolute atomic E-state index is 3.98. The van der Waals surface area contributed by atoms with E-state index in [4.69, 9.17) is 0 Å². The molecule has 1 N–H and O–H groups in total. The minimum absolute atomic E-state index is 0.934. The van der Waals surface area contributed by atoms with E-state index in [1.54, 1.807) is 6.08 Å². The number of nitrogens with zero attached hydrogens (tertiary/aromatic N) is 1. The summed E-state index contributed by atoms with van der Waals surface area (Å²) in [6.07, 6.45) is 2.83. The Morgan fingerprint density at radius 1 is 1.78 bits per heavy atom. The second-order valence-electron chi connectivity index (χ2n) is 1.87. The van der Waals surface area contributed by atoms with Crippen molar-refractivity contribution in [3.8, 4) is 0 Å². The molecule has 0 unspecified atom stereocenters. The van der Waals surface area contributed by atoms with Gasteiger partial charge in [-0.05, 0) is 19.4 Å². The summed E-state index contributed by atoms with van der Waals surface area (Å²) in [7, 11) is 0. The monoisotopic (exact) mass is 126 g/mol. The summed E-state index contributed by atoms with van der Waals surface area (Å²) in [6, 6.07) is 0. The molecule has 0 rings (SSSR count). The van der Waals surface area contributed by atoms with Crippen LogP contribution in [-0.2, 0) is 0 Å². The third-order valence-corrected chi connectivity index (χ3v) is 0.913. The first-order chi connectivity index (χ1) is 4.31. The molecular formula is C7H14N2. The smallest absolute Gasteiger partial charge is 0.0566 e. The quantitative estimate of drug-likeness (QED) is 0.345. The molecule has 9 heavy (non-hydrogen) atoms. The zero-order valence-corrected chi connectivity index (χ0v) is 6.15. The van der Waals surface area contributed by atoms with Crippen LogP contribution in [0.25, 0.3) is 0 Å². The van der Waals surface area contributed by atoms with Gasteiger partial charge >= 0.3 is 0 Å². The maximum atomic E-state index is 3.98. The number of nitrogens with one attached hydrogen (secondary N) is 1. The van der Waals surface area contributed by atoms with Crippen LogP contribution in [0, 0.1) is 0 Å². The van der Waals surface area contributed by atoms with E-state index < -0.39 is 0 Å². The fourth-order valence-corrected chi connectivity index (χ4v) is 0.338. The van der Waals surface area contributed by atoms with Gasteiger partial charge in [-0.1, -0.05) is 13.5 Å². The second kappa shape index (κ2) is 5.35. The van der Waals surface area contributed by atoms with Crippen LogP contribution in [-0.4, -0.2) is 12.3 Å². The lowest BCUT2D eigenvalue weighted by Crippen LogP contribution is -2.07. The molecule has 0 aliphatic carbocycles. The molecule has 0 aliphatic rings. The molecule has 2 heteroatoms. The molecule has 0 radical (unpaired) electrons. The number of rotatable bonds is 4. The van der Waals surface area contributed by atoms with E-state index in [9.17, 15) is 0 Å². The van der Waals surface area contributed by atoms with Crippen molar-refractivity contribution in [2.75, 3.05) is 6.54 Å². The predicted octanol–water partition coefficient (Wildman–Crippen LogP) is 1.55. The first-order valence-corrected chi connectivity index (χ1v) is 3.20. The van der Waals surface area contributed by atoms with Crippen LogP contribution < -0.4 is 5.43 Å². The fourth-order valence-electron chi connectivity index (χ4n) is 0.338. The maximum Gasteiger partial charge on any atom is 0.0566 e. The van der Waals surface area contributed by atoms with Crippen LogP contribution >= 0.6 is 0 Å². The molecule has 0 spiro atoms. The van der Waals surface area contributed by atoms with Crippen LogP contribution in [0.15, 0.2) is 17.8 Å². The molecule has 0 aromatic heterocycles. The minimum Gasteiger partial charge on any atom is -0.310 e. The predicted molar refractivity (Wildman–Crippen MR) is 41.6 cm³/mol. The van der Waals surface area contributed by atoms with Gasteiger partial charge in [0.25, 0.3) is 0 Å². The van der Waals surface area contributed by atoms with Gasteiger partial charge in [-0.2, -0.15) is 5.10 Å². The molecule has 0 bridgehead atoms. The van der Waals surface area contributed by atoms with Gasteiger partial charge in [-0.3, -0.25) is 0 Å². The van der Waals surface area contributed by atoms with Gasteiger partial charge in [0.2, 0.25) is 0 Å². The molecular weight excluding hydrogens is 112 g/mol. The first-order valence-electron chi connectivity index (χ1n) is 3.20. The molecule has 0 aromatic carbocycles. The summed E-state index contributed by atoms with van der Waals surface area (Å²) >= 11 is 0. The molecule has 0 amide bonds. The number of hydrogen-bond acceptors (Lipinski definition) is 2. The van der Waals surface area contributed by atoms with Gasteiger partial charge < -0.3 is 5.43 Å². The van der Waals surface area contributed by atoms with Gasteiger partial charge in [0.05, 0.1) is 5.71 Å². The van der Waals surface area contributed by atoms with Crippen LogP contribution in [0.3, 0.4) is 0 Å². The number of allylic oxidation sites excluding steroid dienone is 1. The second-order valence-corrected chi connectivity index (χ2v) is 1.87. The van der Waals surface area contributed by atoms with E-state index >= 15 is 0 Å². The fraction of sp³-hybridized carbons (Fsp3) is 0.571. The largest absolute Gasteiger partial charge is 0.310 e. The average molecular weight is 126 g/mol. The Morgan fingerprint density at radius 2 is 2.44 bits per heavy atom. The van der Waals surface area contributed by atoms with Gasteiger partial charge in [0.1, 0.15) is 0 Å². The van der Waals surface area contributed by atoms with Gasteiger partial charge in [0, 0.05) is 6.54 Å². The third kappa shape index (κ3) is 5.07. The highest BCUT2D eigenvalue weighted by molar-refractivity contribution is 5.91. The van der Waals surface area contributed by atoms with E-state index in [2.05, 4.69) is 24.0 Å². The van der Waals surface area contributed by atoms with Crippen molar-refractivity contribution in [3.05, 3.63) is 12.7 Å². The van der Waals surface area contributed by atoms with Crippen molar-refractivity contribution in [1.82, 2.24) is 5.43 Å². The lowest BCUT2D eigenvalue weighted by atomic mass is 10.4. The van der Waals surface area contributed by atoms with Crippen molar-refractivity contribution in [2.24, 2.45) is 5.10 Å². The minimum atomic E-state index is 0.934. The first kappa shape index (κ1) is 8.21. The van der Waals surface area contributed by atoms with E-state index in [1.807, 2.05) is 6.92 Å².